The molecular weight excluding hydrogens is 434 g/mol. The first-order chi connectivity index (χ1) is 16.4. The Morgan fingerprint density at radius 2 is 1.91 bits per heavy atom. The minimum Gasteiger partial charge on any atom is -0.457 e. The lowest BCUT2D eigenvalue weighted by Gasteiger charge is -2.33. The number of carbonyl (C=O) groups excluding carboxylic acids is 1. The lowest BCUT2D eigenvalue weighted by molar-refractivity contribution is -0.121. The van der Waals surface area contributed by atoms with Gasteiger partial charge in [0.25, 0.3) is 0 Å². The minimum absolute atomic E-state index is 0.000674. The second kappa shape index (κ2) is 10.6. The number of aliphatic hydroxyl groups is 1. The van der Waals surface area contributed by atoms with E-state index in [-0.39, 0.29) is 23.7 Å². The van der Waals surface area contributed by atoms with Gasteiger partial charge in [-0.2, -0.15) is 5.48 Å². The van der Waals surface area contributed by atoms with Crippen molar-refractivity contribution in [1.82, 2.24) is 15.4 Å². The third-order valence-electron chi connectivity index (χ3n) is 6.80. The molecule has 1 fully saturated rings. The van der Waals surface area contributed by atoms with Crippen molar-refractivity contribution in [3.05, 3.63) is 42.1 Å². The molecule has 4 rings (SSSR count). The average molecular weight is 468 g/mol. The number of hydrogen-bond acceptors (Lipinski definition) is 8. The lowest BCUT2D eigenvalue weighted by Crippen LogP contribution is -2.41. The van der Waals surface area contributed by atoms with Crippen LogP contribution in [0.15, 0.2) is 41.5 Å². The molecule has 2 aliphatic rings. The maximum Gasteiger partial charge on any atom is 0.228 e. The van der Waals surface area contributed by atoms with Crippen molar-refractivity contribution in [1.29, 1.82) is 0 Å². The smallest absolute Gasteiger partial charge is 0.228 e. The number of pyridine rings is 1. The fraction of sp³-hybridized carbons (Fsp3) is 0.480. The molecule has 9 heteroatoms. The van der Waals surface area contributed by atoms with E-state index < -0.39 is 6.23 Å². The summed E-state index contributed by atoms with van der Waals surface area (Å²) in [6.07, 6.45) is 3.85. The summed E-state index contributed by atoms with van der Waals surface area (Å²) in [7, 11) is 0. The monoisotopic (exact) mass is 467 g/mol. The molecule has 182 valence electrons. The molecule has 3 heterocycles. The van der Waals surface area contributed by atoms with Crippen LogP contribution in [-0.2, 0) is 4.79 Å². The van der Waals surface area contributed by atoms with Gasteiger partial charge in [0.1, 0.15) is 23.5 Å². The van der Waals surface area contributed by atoms with Crippen LogP contribution in [0.1, 0.15) is 45.1 Å². The first-order valence-corrected chi connectivity index (χ1v) is 11.8. The summed E-state index contributed by atoms with van der Waals surface area (Å²) in [6.45, 7) is 8.20. The quantitative estimate of drug-likeness (QED) is 0.362. The Hall–Kier alpha value is -2.85. The molecule has 2 aromatic rings. The third-order valence-corrected chi connectivity index (χ3v) is 6.80. The fourth-order valence-corrected chi connectivity index (χ4v) is 4.61. The van der Waals surface area contributed by atoms with Gasteiger partial charge in [-0.25, -0.2) is 4.98 Å². The first-order valence-electron chi connectivity index (χ1n) is 11.8. The predicted octanol–water partition coefficient (Wildman–Crippen LogP) is 3.67. The van der Waals surface area contributed by atoms with Crippen LogP contribution < -0.4 is 15.5 Å². The Morgan fingerprint density at radius 1 is 1.18 bits per heavy atom. The van der Waals surface area contributed by atoms with Gasteiger partial charge in [-0.05, 0) is 63.4 Å². The normalized spacial score (nSPS) is 21.8. The number of amides is 1. The molecule has 3 atom stereocenters. The number of benzene rings is 1. The van der Waals surface area contributed by atoms with Crippen LogP contribution >= 0.6 is 0 Å². The molecule has 9 nitrogen and oxygen atoms in total. The summed E-state index contributed by atoms with van der Waals surface area (Å²) < 4.78 is 6.01. The maximum atomic E-state index is 12.7. The minimum atomic E-state index is -1.09. The zero-order valence-electron chi connectivity index (χ0n) is 19.8. The molecule has 1 aromatic heterocycles. The number of aliphatic hydroxyl groups excluding tert-OH is 1. The fourth-order valence-electron chi connectivity index (χ4n) is 4.61. The second-order valence-corrected chi connectivity index (χ2v) is 9.31. The maximum absolute atomic E-state index is 12.7. The molecule has 0 saturated carbocycles. The number of ether oxygens (including phenoxy) is 1. The summed E-state index contributed by atoms with van der Waals surface area (Å²) in [5.41, 5.74) is 3.60. The zero-order chi connectivity index (χ0) is 24.2. The third kappa shape index (κ3) is 5.44. The van der Waals surface area contributed by atoms with Gasteiger partial charge in [0.05, 0.1) is 5.69 Å². The highest BCUT2D eigenvalue weighted by atomic mass is 16.5. The topological polar surface area (TPSA) is 119 Å². The lowest BCUT2D eigenvalue weighted by atomic mass is 9.84. The van der Waals surface area contributed by atoms with Gasteiger partial charge >= 0.3 is 0 Å². The first kappa shape index (κ1) is 24.3. The van der Waals surface area contributed by atoms with Gasteiger partial charge in [-0.1, -0.05) is 13.0 Å². The van der Waals surface area contributed by atoms with Crippen LogP contribution in [0.25, 0.3) is 0 Å². The number of piperidine rings is 1. The molecule has 2 aliphatic heterocycles. The number of aromatic nitrogens is 1. The molecule has 1 amide bonds. The van der Waals surface area contributed by atoms with Gasteiger partial charge in [0.15, 0.2) is 0 Å². The van der Waals surface area contributed by atoms with Crippen molar-refractivity contribution in [3.8, 4) is 11.5 Å². The van der Waals surface area contributed by atoms with Crippen LogP contribution in [-0.4, -0.2) is 57.7 Å². The van der Waals surface area contributed by atoms with Crippen molar-refractivity contribution in [3.63, 3.8) is 0 Å². The number of rotatable bonds is 7. The van der Waals surface area contributed by atoms with Crippen molar-refractivity contribution in [2.24, 2.45) is 16.8 Å². The number of nitrogens with one attached hydrogen (secondary N) is 2. The van der Waals surface area contributed by atoms with Gasteiger partial charge in [-0.15, -0.1) is 0 Å². The van der Waals surface area contributed by atoms with Crippen LogP contribution in [0.5, 0.6) is 11.5 Å². The highest BCUT2D eigenvalue weighted by Crippen LogP contribution is 2.39. The van der Waals surface area contributed by atoms with Crippen LogP contribution in [0.3, 0.4) is 0 Å². The Morgan fingerprint density at radius 3 is 2.62 bits per heavy atom. The molecular formula is C25H33N5O4. The van der Waals surface area contributed by atoms with Gasteiger partial charge < -0.3 is 25.3 Å². The molecule has 4 N–H and O–H groups in total. The van der Waals surface area contributed by atoms with Crippen LogP contribution in [0.2, 0.25) is 0 Å². The number of nitrogens with zero attached hydrogens (tertiary/aromatic N) is 3. The summed E-state index contributed by atoms with van der Waals surface area (Å²) in [5.74, 6) is 1.24. The Bertz CT molecular complexity index is 1040. The highest BCUT2D eigenvalue weighted by Gasteiger charge is 2.29. The molecule has 1 aromatic carbocycles. The number of aliphatic imine (C=N–C) groups is 1. The molecule has 34 heavy (non-hydrogen) atoms. The van der Waals surface area contributed by atoms with Crippen LogP contribution in [0, 0.1) is 11.8 Å². The predicted molar refractivity (Wildman–Crippen MR) is 130 cm³/mol. The van der Waals surface area contributed by atoms with E-state index in [4.69, 9.17) is 9.94 Å². The molecule has 0 radical (unpaired) electrons. The Balaban J connectivity index is 1.39. The number of hydrogen-bond donors (Lipinski definition) is 4. The van der Waals surface area contributed by atoms with E-state index >= 15 is 0 Å². The molecule has 0 bridgehead atoms. The SMILES string of the molecule is CC1c2ccc(Oc3ccnc(NC(=O)C4CCN(C(C)C)CC4)c3)cc2N=CC1C(O)NO. The van der Waals surface area contributed by atoms with Crippen molar-refractivity contribution in [2.75, 3.05) is 18.4 Å². The van der Waals surface area contributed by atoms with E-state index in [9.17, 15) is 9.90 Å². The van der Waals surface area contributed by atoms with Crippen molar-refractivity contribution in [2.45, 2.75) is 51.8 Å². The van der Waals surface area contributed by atoms with Gasteiger partial charge in [-0.3, -0.25) is 9.79 Å². The van der Waals surface area contributed by atoms with E-state index in [0.717, 1.165) is 37.2 Å². The number of anilines is 1. The molecule has 0 spiro atoms. The summed E-state index contributed by atoms with van der Waals surface area (Å²) >= 11 is 0. The standard InChI is InChI=1S/C25H33N5O4/c1-15(2)30-10-7-17(8-11-30)24(31)28-23-13-19(6-9-26-23)34-18-4-5-20-16(3)21(25(32)29-33)14-27-22(20)12-18/h4-6,9,12-17,21,25,29,32-33H,7-8,10-11H2,1-3H3,(H,26,28,31). The van der Waals surface area contributed by atoms with E-state index in [1.165, 1.54) is 0 Å². The van der Waals surface area contributed by atoms with E-state index in [0.29, 0.717) is 23.4 Å². The Kier molecular flexibility index (Phi) is 7.57. The van der Waals surface area contributed by atoms with E-state index in [1.807, 2.05) is 30.6 Å². The zero-order valence-corrected chi connectivity index (χ0v) is 19.8. The number of carbonyl (C=O) groups is 1. The van der Waals surface area contributed by atoms with E-state index in [1.54, 1.807) is 24.5 Å². The largest absolute Gasteiger partial charge is 0.457 e. The van der Waals surface area contributed by atoms with Crippen LogP contribution in [0.4, 0.5) is 11.5 Å². The van der Waals surface area contributed by atoms with E-state index in [2.05, 4.69) is 34.0 Å². The molecule has 1 saturated heterocycles. The number of hydroxylamine groups is 1. The molecule has 0 aliphatic carbocycles. The second-order valence-electron chi connectivity index (χ2n) is 9.31. The van der Waals surface area contributed by atoms with Gasteiger partial charge in [0, 0.05) is 42.4 Å². The molecule has 3 unspecified atom stereocenters. The summed E-state index contributed by atoms with van der Waals surface area (Å²) in [4.78, 5) is 23.8. The summed E-state index contributed by atoms with van der Waals surface area (Å²) in [6, 6.07) is 9.54. The van der Waals surface area contributed by atoms with Gasteiger partial charge in [0.2, 0.25) is 5.91 Å². The Labute approximate surface area is 199 Å². The van der Waals surface area contributed by atoms with Crippen molar-refractivity contribution < 1.29 is 19.8 Å². The number of likely N-dealkylation sites (tertiary alicyclic amines) is 1. The number of fused-ring (bicyclic) bond motifs is 1. The highest BCUT2D eigenvalue weighted by molar-refractivity contribution is 5.91. The van der Waals surface area contributed by atoms with Crippen molar-refractivity contribution >= 4 is 23.6 Å². The summed E-state index contributed by atoms with van der Waals surface area (Å²) in [5, 5.41) is 21.9. The average Bonchev–Trinajstić information content (AvgIpc) is 2.84.